The normalized spacial score (nSPS) is 12.4. The van der Waals surface area contributed by atoms with Gasteiger partial charge in [0.05, 0.1) is 16.7 Å². The molecule has 0 aliphatic heterocycles. The second-order valence-corrected chi connectivity index (χ2v) is 4.25. The second-order valence-electron chi connectivity index (χ2n) is 2.46. The molecular formula is C7H11NaO5S. The Morgan fingerprint density at radius 1 is 1.64 bits per heavy atom. The number of carbonyl (C=O) groups is 1. The van der Waals surface area contributed by atoms with Gasteiger partial charge in [-0.05, 0) is 13.3 Å². The summed E-state index contributed by atoms with van der Waals surface area (Å²) in [5.41, 5.74) is 0. The molecule has 0 bridgehead atoms. The van der Waals surface area contributed by atoms with Crippen LogP contribution in [0, 0.1) is 0 Å². The van der Waals surface area contributed by atoms with Gasteiger partial charge in [0.15, 0.2) is 0 Å². The minimum absolute atomic E-state index is 0. The van der Waals surface area contributed by atoms with Crippen molar-refractivity contribution in [3.8, 4) is 0 Å². The van der Waals surface area contributed by atoms with Gasteiger partial charge in [-0.2, -0.15) is 0 Å². The summed E-state index contributed by atoms with van der Waals surface area (Å²) in [5.74, 6) is -0.629. The van der Waals surface area contributed by atoms with Crippen molar-refractivity contribution in [2.45, 2.75) is 18.6 Å². The molecule has 1 atom stereocenters. The second kappa shape index (κ2) is 7.42. The van der Waals surface area contributed by atoms with Crippen LogP contribution in [0.1, 0.15) is 13.3 Å². The van der Waals surface area contributed by atoms with Gasteiger partial charge in [0, 0.05) is 11.3 Å². The Morgan fingerprint density at radius 2 is 2.14 bits per heavy atom. The molecule has 0 saturated heterocycles. The van der Waals surface area contributed by atoms with E-state index in [0.29, 0.717) is 0 Å². The Morgan fingerprint density at radius 3 is 2.50 bits per heavy atom. The van der Waals surface area contributed by atoms with E-state index in [4.69, 9.17) is 0 Å². The van der Waals surface area contributed by atoms with Crippen molar-refractivity contribution in [1.82, 2.24) is 0 Å². The minimum Gasteiger partial charge on any atom is -0.748 e. The zero-order chi connectivity index (χ0) is 10.5. The van der Waals surface area contributed by atoms with Gasteiger partial charge in [-0.3, -0.25) is 0 Å². The van der Waals surface area contributed by atoms with E-state index in [2.05, 4.69) is 11.3 Å². The van der Waals surface area contributed by atoms with E-state index < -0.39 is 21.3 Å². The van der Waals surface area contributed by atoms with Crippen molar-refractivity contribution in [2.75, 3.05) is 6.61 Å². The molecule has 0 aliphatic carbocycles. The van der Waals surface area contributed by atoms with Crippen molar-refractivity contribution in [1.29, 1.82) is 0 Å². The quantitative estimate of drug-likeness (QED) is 0.218. The van der Waals surface area contributed by atoms with Gasteiger partial charge >= 0.3 is 35.5 Å². The minimum atomic E-state index is -4.27. The monoisotopic (exact) mass is 230 g/mol. The maximum atomic E-state index is 10.5. The summed E-state index contributed by atoms with van der Waals surface area (Å²) in [4.78, 5) is 10.5. The van der Waals surface area contributed by atoms with Crippen LogP contribution in [-0.2, 0) is 19.6 Å². The largest absolute Gasteiger partial charge is 1.00 e. The van der Waals surface area contributed by atoms with Crippen LogP contribution in [-0.4, -0.2) is 30.8 Å². The molecule has 0 radical (unpaired) electrons. The zero-order valence-corrected chi connectivity index (χ0v) is 11.0. The molecule has 5 nitrogen and oxygen atoms in total. The molecule has 0 spiro atoms. The van der Waals surface area contributed by atoms with E-state index in [9.17, 15) is 17.8 Å². The van der Waals surface area contributed by atoms with E-state index in [0.717, 1.165) is 6.08 Å². The van der Waals surface area contributed by atoms with Crippen molar-refractivity contribution in [3.05, 3.63) is 12.7 Å². The first-order valence-electron chi connectivity index (χ1n) is 3.62. The zero-order valence-electron chi connectivity index (χ0n) is 8.23. The molecule has 0 aliphatic rings. The van der Waals surface area contributed by atoms with Gasteiger partial charge in [-0.15, -0.1) is 0 Å². The van der Waals surface area contributed by atoms with Crippen molar-refractivity contribution >= 4 is 16.1 Å². The summed E-state index contributed by atoms with van der Waals surface area (Å²) < 4.78 is 35.6. The Bertz CT molecular complexity index is 284. The van der Waals surface area contributed by atoms with E-state index in [1.54, 1.807) is 0 Å². The van der Waals surface area contributed by atoms with Gasteiger partial charge in [0.2, 0.25) is 0 Å². The van der Waals surface area contributed by atoms with E-state index in [1.807, 2.05) is 0 Å². The maximum absolute atomic E-state index is 10.5. The first kappa shape index (κ1) is 16.5. The average Bonchev–Trinajstić information content (AvgIpc) is 2.02. The fourth-order valence-corrected chi connectivity index (χ4v) is 0.914. The SMILES string of the molecule is C=CC(=O)OCCC(C)S(=O)(=O)[O-].[Na+]. The van der Waals surface area contributed by atoms with Crippen molar-refractivity contribution < 1.29 is 52.1 Å². The van der Waals surface area contributed by atoms with E-state index in [1.165, 1.54) is 6.92 Å². The Balaban J connectivity index is 0. The van der Waals surface area contributed by atoms with Crippen LogP contribution in [0.4, 0.5) is 0 Å². The molecule has 14 heavy (non-hydrogen) atoms. The number of hydrogen-bond acceptors (Lipinski definition) is 5. The predicted octanol–water partition coefficient (Wildman–Crippen LogP) is -2.96. The van der Waals surface area contributed by atoms with Gasteiger partial charge in [0.1, 0.15) is 0 Å². The molecule has 1 unspecified atom stereocenters. The Labute approximate surface area is 106 Å². The number of ether oxygens (including phenoxy) is 1. The van der Waals surface area contributed by atoms with Crippen LogP contribution < -0.4 is 29.6 Å². The first-order valence-corrected chi connectivity index (χ1v) is 5.09. The van der Waals surface area contributed by atoms with E-state index in [-0.39, 0.29) is 42.6 Å². The third-order valence-electron chi connectivity index (χ3n) is 1.43. The molecule has 7 heteroatoms. The van der Waals surface area contributed by atoms with Gasteiger partial charge < -0.3 is 9.29 Å². The molecule has 0 amide bonds. The summed E-state index contributed by atoms with van der Waals surface area (Å²) in [7, 11) is -4.27. The summed E-state index contributed by atoms with van der Waals surface area (Å²) in [6.45, 7) is 4.33. The molecule has 0 rings (SSSR count). The van der Waals surface area contributed by atoms with Crippen LogP contribution in [0.3, 0.4) is 0 Å². The fourth-order valence-electron chi connectivity index (χ4n) is 0.529. The maximum Gasteiger partial charge on any atom is 1.00 e. The third kappa shape index (κ3) is 7.52. The summed E-state index contributed by atoms with van der Waals surface area (Å²) in [6.07, 6.45) is 0.974. The van der Waals surface area contributed by atoms with Crippen LogP contribution in [0.15, 0.2) is 12.7 Å². The number of esters is 1. The van der Waals surface area contributed by atoms with Gasteiger partial charge in [-0.1, -0.05) is 6.58 Å². The molecule has 0 fully saturated rings. The number of rotatable bonds is 5. The standard InChI is InChI=1S/C7H12O5S.Na/c1-3-7(8)12-5-4-6(2)13(9,10)11;/h3,6H,1,4-5H2,2H3,(H,9,10,11);/q;+1/p-1. The molecule has 0 aromatic heterocycles. The fraction of sp³-hybridized carbons (Fsp3) is 0.571. The molecule has 76 valence electrons. The van der Waals surface area contributed by atoms with Crippen LogP contribution in [0.5, 0.6) is 0 Å². The topological polar surface area (TPSA) is 83.5 Å². The van der Waals surface area contributed by atoms with Gasteiger partial charge in [-0.25, -0.2) is 13.2 Å². The van der Waals surface area contributed by atoms with Crippen LogP contribution in [0.2, 0.25) is 0 Å². The third-order valence-corrected chi connectivity index (χ3v) is 2.65. The smallest absolute Gasteiger partial charge is 0.748 e. The summed E-state index contributed by atoms with van der Waals surface area (Å²) in [5, 5.41) is -1.04. The molecule has 0 heterocycles. The summed E-state index contributed by atoms with van der Waals surface area (Å²) >= 11 is 0. The predicted molar refractivity (Wildman–Crippen MR) is 44.9 cm³/mol. The molecule has 0 saturated carbocycles. The Kier molecular flexibility index (Phi) is 8.77. The van der Waals surface area contributed by atoms with Crippen molar-refractivity contribution in [3.63, 3.8) is 0 Å². The van der Waals surface area contributed by atoms with Gasteiger partial charge in [0.25, 0.3) is 0 Å². The number of hydrogen-bond donors (Lipinski definition) is 0. The van der Waals surface area contributed by atoms with Crippen LogP contribution >= 0.6 is 0 Å². The van der Waals surface area contributed by atoms with E-state index >= 15 is 0 Å². The van der Waals surface area contributed by atoms with Crippen molar-refractivity contribution in [2.24, 2.45) is 0 Å². The van der Waals surface area contributed by atoms with Crippen LogP contribution in [0.25, 0.3) is 0 Å². The first-order chi connectivity index (χ1) is 5.88. The molecule has 0 aromatic rings. The number of carbonyl (C=O) groups excluding carboxylic acids is 1. The molecular weight excluding hydrogens is 219 g/mol. The molecule has 0 aromatic carbocycles. The Hall–Kier alpha value is 0.120. The molecule has 0 N–H and O–H groups in total. The summed E-state index contributed by atoms with van der Waals surface area (Å²) in [6, 6.07) is 0. The average molecular weight is 230 g/mol.